The van der Waals surface area contributed by atoms with Crippen LogP contribution in [0.2, 0.25) is 0 Å². The van der Waals surface area contributed by atoms with E-state index in [1.807, 2.05) is 0 Å². The molecule has 17 heavy (non-hydrogen) atoms. The van der Waals surface area contributed by atoms with E-state index >= 15 is 0 Å². The SMILES string of the molecule is CC(C)C(CN1CCC(=O)C(C)C1C)C(C)C. The predicted octanol–water partition coefficient (Wildman–Crippen LogP) is 3.21. The van der Waals surface area contributed by atoms with Crippen molar-refractivity contribution in [3.63, 3.8) is 0 Å². The van der Waals surface area contributed by atoms with Crippen LogP contribution in [0, 0.1) is 23.7 Å². The molecule has 0 amide bonds. The summed E-state index contributed by atoms with van der Waals surface area (Å²) in [5.41, 5.74) is 0. The van der Waals surface area contributed by atoms with Gasteiger partial charge in [-0.3, -0.25) is 9.69 Å². The van der Waals surface area contributed by atoms with Crippen LogP contribution in [0.4, 0.5) is 0 Å². The lowest BCUT2D eigenvalue weighted by molar-refractivity contribution is -0.128. The standard InChI is InChI=1S/C15H29NO/c1-10(2)14(11(3)4)9-16-8-7-15(17)12(5)13(16)6/h10-14H,7-9H2,1-6H3. The highest BCUT2D eigenvalue weighted by Crippen LogP contribution is 2.26. The Kier molecular flexibility index (Phi) is 5.18. The summed E-state index contributed by atoms with van der Waals surface area (Å²) in [4.78, 5) is 14.2. The van der Waals surface area contributed by atoms with Crippen LogP contribution >= 0.6 is 0 Å². The Hall–Kier alpha value is -0.370. The molecule has 1 aliphatic rings. The molecule has 0 aromatic heterocycles. The largest absolute Gasteiger partial charge is 0.299 e. The predicted molar refractivity (Wildman–Crippen MR) is 73.0 cm³/mol. The third-order valence-corrected chi connectivity index (χ3v) is 4.61. The first-order valence-electron chi connectivity index (χ1n) is 7.11. The number of carbonyl (C=O) groups excluding carboxylic acids is 1. The minimum absolute atomic E-state index is 0.212. The van der Waals surface area contributed by atoms with Crippen LogP contribution < -0.4 is 0 Å². The van der Waals surface area contributed by atoms with Gasteiger partial charge in [-0.1, -0.05) is 34.6 Å². The van der Waals surface area contributed by atoms with Crippen molar-refractivity contribution >= 4 is 5.78 Å². The second-order valence-electron chi connectivity index (χ2n) is 6.39. The van der Waals surface area contributed by atoms with Crippen LogP contribution in [0.1, 0.15) is 48.0 Å². The maximum absolute atomic E-state index is 11.7. The number of hydrogen-bond acceptors (Lipinski definition) is 2. The van der Waals surface area contributed by atoms with Gasteiger partial charge in [-0.2, -0.15) is 0 Å². The minimum atomic E-state index is 0.212. The molecule has 0 aromatic rings. The van der Waals surface area contributed by atoms with E-state index in [0.717, 1.165) is 37.3 Å². The Bertz CT molecular complexity index is 252. The monoisotopic (exact) mass is 239 g/mol. The summed E-state index contributed by atoms with van der Waals surface area (Å²) >= 11 is 0. The molecule has 1 rings (SSSR count). The molecule has 0 N–H and O–H groups in total. The molecular formula is C15H29NO. The molecule has 2 unspecified atom stereocenters. The van der Waals surface area contributed by atoms with Gasteiger partial charge in [-0.15, -0.1) is 0 Å². The van der Waals surface area contributed by atoms with Crippen molar-refractivity contribution in [1.29, 1.82) is 0 Å². The first kappa shape index (κ1) is 14.7. The molecule has 2 heteroatoms. The summed E-state index contributed by atoms with van der Waals surface area (Å²) in [7, 11) is 0. The fourth-order valence-electron chi connectivity index (χ4n) is 2.99. The number of piperidine rings is 1. The summed E-state index contributed by atoms with van der Waals surface area (Å²) in [6.07, 6.45) is 0.744. The second kappa shape index (κ2) is 5.99. The molecule has 2 nitrogen and oxygen atoms in total. The fourth-order valence-corrected chi connectivity index (χ4v) is 2.99. The number of likely N-dealkylation sites (tertiary alicyclic amines) is 1. The van der Waals surface area contributed by atoms with Gasteiger partial charge in [0.2, 0.25) is 0 Å². The number of carbonyl (C=O) groups is 1. The van der Waals surface area contributed by atoms with E-state index in [9.17, 15) is 4.79 Å². The van der Waals surface area contributed by atoms with Crippen LogP contribution in [-0.2, 0) is 4.79 Å². The van der Waals surface area contributed by atoms with Gasteiger partial charge in [0.05, 0.1) is 0 Å². The maximum Gasteiger partial charge on any atom is 0.138 e. The average Bonchev–Trinajstić information content (AvgIpc) is 2.24. The highest BCUT2D eigenvalue weighted by Gasteiger charge is 2.32. The Balaban J connectivity index is 2.64. The summed E-state index contributed by atoms with van der Waals surface area (Å²) in [5, 5.41) is 0. The van der Waals surface area contributed by atoms with E-state index < -0.39 is 0 Å². The molecule has 0 aliphatic carbocycles. The van der Waals surface area contributed by atoms with Crippen LogP contribution in [-0.4, -0.2) is 29.8 Å². The number of Topliss-reactive ketones (excluding diaryl/α,β-unsaturated/α-hetero) is 1. The molecule has 1 heterocycles. The molecule has 1 fully saturated rings. The van der Waals surface area contributed by atoms with E-state index in [0.29, 0.717) is 11.8 Å². The number of nitrogens with zero attached hydrogens (tertiary/aromatic N) is 1. The molecule has 2 atom stereocenters. The number of ketones is 1. The lowest BCUT2D eigenvalue weighted by Gasteiger charge is -2.40. The quantitative estimate of drug-likeness (QED) is 0.751. The zero-order chi connectivity index (χ0) is 13.2. The van der Waals surface area contributed by atoms with E-state index in [4.69, 9.17) is 0 Å². The van der Waals surface area contributed by atoms with Gasteiger partial charge in [0.25, 0.3) is 0 Å². The molecule has 0 aromatic carbocycles. The second-order valence-corrected chi connectivity index (χ2v) is 6.39. The van der Waals surface area contributed by atoms with Crippen LogP contribution in [0.5, 0.6) is 0 Å². The fraction of sp³-hybridized carbons (Fsp3) is 0.933. The van der Waals surface area contributed by atoms with Crippen molar-refractivity contribution in [3.8, 4) is 0 Å². The Morgan fingerprint density at radius 1 is 1.18 bits per heavy atom. The zero-order valence-corrected chi connectivity index (χ0v) is 12.4. The van der Waals surface area contributed by atoms with Crippen molar-refractivity contribution in [2.24, 2.45) is 23.7 Å². The van der Waals surface area contributed by atoms with Gasteiger partial charge in [0.15, 0.2) is 0 Å². The molecule has 0 bridgehead atoms. The van der Waals surface area contributed by atoms with E-state index in [1.165, 1.54) is 0 Å². The van der Waals surface area contributed by atoms with E-state index in [2.05, 4.69) is 46.4 Å². The van der Waals surface area contributed by atoms with Gasteiger partial charge in [-0.05, 0) is 24.7 Å². The maximum atomic E-state index is 11.7. The van der Waals surface area contributed by atoms with Gasteiger partial charge in [0.1, 0.15) is 5.78 Å². The molecule has 0 spiro atoms. The van der Waals surface area contributed by atoms with E-state index in [-0.39, 0.29) is 5.92 Å². The smallest absolute Gasteiger partial charge is 0.138 e. The zero-order valence-electron chi connectivity index (χ0n) is 12.4. The first-order valence-corrected chi connectivity index (χ1v) is 7.11. The minimum Gasteiger partial charge on any atom is -0.299 e. The summed E-state index contributed by atoms with van der Waals surface area (Å²) in [6, 6.07) is 0.413. The van der Waals surface area contributed by atoms with Crippen LogP contribution in [0.15, 0.2) is 0 Å². The van der Waals surface area contributed by atoms with Gasteiger partial charge < -0.3 is 0 Å². The lowest BCUT2D eigenvalue weighted by Crippen LogP contribution is -2.49. The average molecular weight is 239 g/mol. The molecule has 100 valence electrons. The van der Waals surface area contributed by atoms with Crippen molar-refractivity contribution in [3.05, 3.63) is 0 Å². The Morgan fingerprint density at radius 2 is 1.71 bits per heavy atom. The van der Waals surface area contributed by atoms with Crippen molar-refractivity contribution < 1.29 is 4.79 Å². The Labute approximate surface area is 107 Å². The normalized spacial score (nSPS) is 27.5. The number of rotatable bonds is 4. The van der Waals surface area contributed by atoms with Gasteiger partial charge in [-0.25, -0.2) is 0 Å². The molecule has 1 saturated heterocycles. The lowest BCUT2D eigenvalue weighted by atomic mass is 9.83. The topological polar surface area (TPSA) is 20.3 Å². The molecular weight excluding hydrogens is 210 g/mol. The molecule has 1 aliphatic heterocycles. The Morgan fingerprint density at radius 3 is 2.18 bits per heavy atom. The van der Waals surface area contributed by atoms with Crippen molar-refractivity contribution in [2.45, 2.75) is 54.0 Å². The van der Waals surface area contributed by atoms with Gasteiger partial charge >= 0.3 is 0 Å². The third-order valence-electron chi connectivity index (χ3n) is 4.61. The summed E-state index contributed by atoms with van der Waals surface area (Å²) in [6.45, 7) is 15.6. The van der Waals surface area contributed by atoms with Gasteiger partial charge in [0, 0.05) is 31.5 Å². The van der Waals surface area contributed by atoms with Crippen molar-refractivity contribution in [1.82, 2.24) is 4.90 Å². The highest BCUT2D eigenvalue weighted by molar-refractivity contribution is 5.82. The molecule has 0 saturated carbocycles. The molecule has 0 radical (unpaired) electrons. The summed E-state index contributed by atoms with van der Waals surface area (Å²) < 4.78 is 0. The van der Waals surface area contributed by atoms with Crippen LogP contribution in [0.3, 0.4) is 0 Å². The third kappa shape index (κ3) is 3.54. The first-order chi connectivity index (χ1) is 7.84. The van der Waals surface area contributed by atoms with Crippen LogP contribution in [0.25, 0.3) is 0 Å². The van der Waals surface area contributed by atoms with Crippen molar-refractivity contribution in [2.75, 3.05) is 13.1 Å². The highest BCUT2D eigenvalue weighted by atomic mass is 16.1. The number of hydrogen-bond donors (Lipinski definition) is 0. The summed E-state index contributed by atoms with van der Waals surface area (Å²) in [5.74, 6) is 2.83. The van der Waals surface area contributed by atoms with E-state index in [1.54, 1.807) is 0 Å².